The molecular formula is C19H23N5O4. The molecule has 1 saturated heterocycles. The molecule has 1 aliphatic carbocycles. The van der Waals surface area contributed by atoms with E-state index in [0.717, 1.165) is 12.8 Å². The van der Waals surface area contributed by atoms with Gasteiger partial charge in [-0.2, -0.15) is 10.4 Å². The molecule has 0 aromatic carbocycles. The molecule has 0 amide bonds. The second-order valence-corrected chi connectivity index (χ2v) is 7.54. The molecule has 9 nitrogen and oxygen atoms in total. The van der Waals surface area contributed by atoms with Crippen molar-refractivity contribution in [1.82, 2.24) is 14.6 Å². The quantitative estimate of drug-likeness (QED) is 0.735. The number of carbonyl (C=O) groups is 1. The third-order valence-electron chi connectivity index (χ3n) is 5.70. The van der Waals surface area contributed by atoms with E-state index < -0.39 is 17.8 Å². The molecule has 0 unspecified atom stereocenters. The molecule has 28 heavy (non-hydrogen) atoms. The van der Waals surface area contributed by atoms with E-state index in [-0.39, 0.29) is 24.8 Å². The second-order valence-electron chi connectivity index (χ2n) is 7.54. The number of esters is 1. The molecule has 3 atom stereocenters. The van der Waals surface area contributed by atoms with E-state index in [1.807, 2.05) is 0 Å². The van der Waals surface area contributed by atoms with Crippen molar-refractivity contribution in [1.29, 1.82) is 5.26 Å². The van der Waals surface area contributed by atoms with Crippen molar-refractivity contribution in [2.75, 3.05) is 12.3 Å². The number of hydrogen-bond acceptors (Lipinski definition) is 8. The van der Waals surface area contributed by atoms with Crippen LogP contribution in [0.3, 0.4) is 0 Å². The summed E-state index contributed by atoms with van der Waals surface area (Å²) < 4.78 is 12.7. The van der Waals surface area contributed by atoms with Gasteiger partial charge in [-0.25, -0.2) is 9.50 Å². The van der Waals surface area contributed by atoms with Crippen LogP contribution < -0.4 is 5.73 Å². The Bertz CT molecular complexity index is 917. The Labute approximate surface area is 162 Å². The maximum absolute atomic E-state index is 12.1. The zero-order chi connectivity index (χ0) is 19.7. The molecule has 2 aromatic heterocycles. The Morgan fingerprint density at radius 3 is 3.00 bits per heavy atom. The number of aliphatic hydroxyl groups excluding tert-OH is 1. The lowest BCUT2D eigenvalue weighted by Gasteiger charge is -2.24. The van der Waals surface area contributed by atoms with E-state index >= 15 is 0 Å². The van der Waals surface area contributed by atoms with E-state index in [4.69, 9.17) is 15.2 Å². The molecule has 2 aliphatic rings. The van der Waals surface area contributed by atoms with E-state index in [2.05, 4.69) is 16.2 Å². The number of carbonyl (C=O) groups excluding carboxylic acids is 1. The lowest BCUT2D eigenvalue weighted by atomic mass is 9.94. The highest BCUT2D eigenvalue weighted by Gasteiger charge is 2.52. The van der Waals surface area contributed by atoms with Crippen LogP contribution in [0, 0.1) is 17.2 Å². The summed E-state index contributed by atoms with van der Waals surface area (Å²) in [7, 11) is 0. The van der Waals surface area contributed by atoms with Crippen molar-refractivity contribution >= 4 is 17.3 Å². The van der Waals surface area contributed by atoms with Gasteiger partial charge >= 0.3 is 5.97 Å². The van der Waals surface area contributed by atoms with E-state index in [0.29, 0.717) is 23.5 Å². The van der Waals surface area contributed by atoms with Crippen LogP contribution in [-0.4, -0.2) is 44.5 Å². The highest BCUT2D eigenvalue weighted by molar-refractivity contribution is 5.69. The SMILES string of the molecule is N#C[C@@]1(c2ccc3c(N)ncnn23)O[C@@H](COC(=O)CC2CCCC2)C[C@H]1O. The zero-order valence-corrected chi connectivity index (χ0v) is 15.5. The number of rotatable bonds is 5. The predicted octanol–water partition coefficient (Wildman–Crippen LogP) is 1.30. The van der Waals surface area contributed by atoms with Crippen LogP contribution in [0.2, 0.25) is 0 Å². The molecule has 4 rings (SSSR count). The lowest BCUT2D eigenvalue weighted by Crippen LogP contribution is -2.36. The number of aliphatic hydroxyl groups is 1. The van der Waals surface area contributed by atoms with Gasteiger partial charge in [0.15, 0.2) is 5.82 Å². The van der Waals surface area contributed by atoms with Gasteiger partial charge in [0, 0.05) is 12.8 Å². The summed E-state index contributed by atoms with van der Waals surface area (Å²) in [6, 6.07) is 5.40. The van der Waals surface area contributed by atoms with Crippen LogP contribution in [0.4, 0.5) is 5.82 Å². The molecule has 0 bridgehead atoms. The third kappa shape index (κ3) is 3.19. The highest BCUT2D eigenvalue weighted by atomic mass is 16.6. The Hall–Kier alpha value is -2.70. The molecule has 148 valence electrons. The van der Waals surface area contributed by atoms with Crippen molar-refractivity contribution in [3.8, 4) is 6.07 Å². The number of nitrogen functional groups attached to an aromatic ring is 1. The molecule has 0 spiro atoms. The minimum Gasteiger partial charge on any atom is -0.463 e. The topological polar surface area (TPSA) is 136 Å². The monoisotopic (exact) mass is 385 g/mol. The van der Waals surface area contributed by atoms with Crippen molar-refractivity contribution in [2.45, 2.75) is 56.3 Å². The van der Waals surface area contributed by atoms with Crippen LogP contribution in [0.5, 0.6) is 0 Å². The zero-order valence-electron chi connectivity index (χ0n) is 15.5. The van der Waals surface area contributed by atoms with Crippen LogP contribution >= 0.6 is 0 Å². The Morgan fingerprint density at radius 1 is 1.46 bits per heavy atom. The number of anilines is 1. The van der Waals surface area contributed by atoms with Crippen molar-refractivity contribution in [3.05, 3.63) is 24.2 Å². The molecule has 9 heteroatoms. The first-order valence-corrected chi connectivity index (χ1v) is 9.55. The number of aromatic nitrogens is 3. The van der Waals surface area contributed by atoms with Gasteiger partial charge < -0.3 is 20.3 Å². The highest BCUT2D eigenvalue weighted by Crippen LogP contribution is 2.40. The average Bonchev–Trinajstić information content (AvgIpc) is 3.40. The fourth-order valence-corrected chi connectivity index (χ4v) is 4.22. The molecule has 3 heterocycles. The third-order valence-corrected chi connectivity index (χ3v) is 5.70. The van der Waals surface area contributed by atoms with Gasteiger partial charge in [0.05, 0.1) is 11.8 Å². The first-order valence-electron chi connectivity index (χ1n) is 9.55. The normalized spacial score (nSPS) is 27.9. The first kappa shape index (κ1) is 18.7. The van der Waals surface area contributed by atoms with E-state index in [1.165, 1.54) is 23.7 Å². The molecule has 0 radical (unpaired) electrons. The molecule has 1 aliphatic heterocycles. The standard InChI is InChI=1S/C19H23N5O4/c20-10-19(15-6-5-14-18(21)22-11-23-24(14)15)16(25)8-13(28-19)9-27-17(26)7-12-3-1-2-4-12/h5-6,11-13,16,25H,1-4,7-9H2,(H2,21,22,23)/t13-,16-,19+/m1/s1. The largest absolute Gasteiger partial charge is 0.463 e. The van der Waals surface area contributed by atoms with E-state index in [1.54, 1.807) is 12.1 Å². The summed E-state index contributed by atoms with van der Waals surface area (Å²) in [5, 5.41) is 24.6. The smallest absolute Gasteiger partial charge is 0.306 e. The van der Waals surface area contributed by atoms with Gasteiger partial charge in [-0.15, -0.1) is 0 Å². The van der Waals surface area contributed by atoms with Crippen LogP contribution in [0.1, 0.15) is 44.2 Å². The molecule has 2 fully saturated rings. The van der Waals surface area contributed by atoms with Crippen LogP contribution in [0.25, 0.3) is 5.52 Å². The average molecular weight is 385 g/mol. The number of nitrogens with two attached hydrogens (primary N) is 1. The van der Waals surface area contributed by atoms with E-state index in [9.17, 15) is 15.2 Å². The minimum absolute atomic E-state index is 0.00642. The molecule has 3 N–H and O–H groups in total. The molecular weight excluding hydrogens is 362 g/mol. The van der Waals surface area contributed by atoms with Gasteiger partial charge in [-0.3, -0.25) is 4.79 Å². The second kappa shape index (κ2) is 7.37. The van der Waals surface area contributed by atoms with Crippen molar-refractivity contribution in [3.63, 3.8) is 0 Å². The van der Waals surface area contributed by atoms with Gasteiger partial charge in [0.1, 0.15) is 30.6 Å². The summed E-state index contributed by atoms with van der Waals surface area (Å²) in [5.41, 5.74) is 5.12. The summed E-state index contributed by atoms with van der Waals surface area (Å²) in [6.45, 7) is 0.00642. The summed E-state index contributed by atoms with van der Waals surface area (Å²) in [6.07, 6.45) is 4.67. The number of hydrogen-bond donors (Lipinski definition) is 2. The summed E-state index contributed by atoms with van der Waals surface area (Å²) in [4.78, 5) is 16.0. The predicted molar refractivity (Wildman–Crippen MR) is 97.7 cm³/mol. The maximum atomic E-state index is 12.1. The van der Waals surface area contributed by atoms with Crippen molar-refractivity contribution in [2.24, 2.45) is 5.92 Å². The number of ether oxygens (including phenoxy) is 2. The van der Waals surface area contributed by atoms with Crippen LogP contribution in [-0.2, 0) is 19.9 Å². The number of nitrogens with zero attached hydrogens (tertiary/aromatic N) is 4. The minimum atomic E-state index is -1.62. The molecule has 1 saturated carbocycles. The molecule has 2 aromatic rings. The van der Waals surface area contributed by atoms with Crippen LogP contribution in [0.15, 0.2) is 18.5 Å². The van der Waals surface area contributed by atoms with Gasteiger partial charge in [0.2, 0.25) is 5.60 Å². The van der Waals surface area contributed by atoms with Gasteiger partial charge in [-0.05, 0) is 30.9 Å². The summed E-state index contributed by atoms with van der Waals surface area (Å²) in [5.74, 6) is 0.408. The van der Waals surface area contributed by atoms with Gasteiger partial charge in [-0.1, -0.05) is 12.8 Å². The summed E-state index contributed by atoms with van der Waals surface area (Å²) >= 11 is 0. The maximum Gasteiger partial charge on any atom is 0.306 e. The number of fused-ring (bicyclic) bond motifs is 1. The number of nitriles is 1. The Morgan fingerprint density at radius 2 is 2.25 bits per heavy atom. The lowest BCUT2D eigenvalue weighted by molar-refractivity contribution is -0.150. The van der Waals surface area contributed by atoms with Crippen molar-refractivity contribution < 1.29 is 19.4 Å². The fraction of sp³-hybridized carbons (Fsp3) is 0.579. The fourth-order valence-electron chi connectivity index (χ4n) is 4.22. The Kier molecular flexibility index (Phi) is 4.91. The first-order chi connectivity index (χ1) is 13.5. The van der Waals surface area contributed by atoms with Gasteiger partial charge in [0.25, 0.3) is 0 Å². The Balaban J connectivity index is 1.47.